The van der Waals surface area contributed by atoms with Gasteiger partial charge < -0.3 is 15.1 Å². The Labute approximate surface area is 195 Å². The van der Waals surface area contributed by atoms with Crippen LogP contribution in [0.2, 0.25) is 0 Å². The lowest BCUT2D eigenvalue weighted by Crippen LogP contribution is -2.39. The summed E-state index contributed by atoms with van der Waals surface area (Å²) in [5.74, 6) is -0.779. The molecule has 0 aliphatic carbocycles. The Hall–Kier alpha value is -3.62. The molecule has 1 N–H and O–H groups in total. The van der Waals surface area contributed by atoms with Crippen LogP contribution < -0.4 is 5.32 Å². The Morgan fingerprint density at radius 3 is 2.47 bits per heavy atom. The van der Waals surface area contributed by atoms with Gasteiger partial charge in [-0.15, -0.1) is 0 Å². The van der Waals surface area contributed by atoms with Crippen molar-refractivity contribution in [3.05, 3.63) is 77.4 Å². The van der Waals surface area contributed by atoms with Crippen LogP contribution in [0.15, 0.2) is 55.1 Å². The van der Waals surface area contributed by atoms with Crippen LogP contribution in [0.4, 0.5) is 13.2 Å². The number of halogens is 3. The summed E-state index contributed by atoms with van der Waals surface area (Å²) in [4.78, 5) is 40.5. The summed E-state index contributed by atoms with van der Waals surface area (Å²) in [6, 6.07) is 11.0. The van der Waals surface area contributed by atoms with E-state index in [9.17, 15) is 27.6 Å². The van der Waals surface area contributed by atoms with Crippen molar-refractivity contribution >= 4 is 23.4 Å². The van der Waals surface area contributed by atoms with Crippen molar-refractivity contribution < 1.29 is 27.6 Å². The molecule has 2 aromatic carbocycles. The van der Waals surface area contributed by atoms with Gasteiger partial charge in [0.05, 0.1) is 11.6 Å². The number of nitrogens with one attached hydrogen (secondary N) is 1. The highest BCUT2D eigenvalue weighted by Gasteiger charge is 2.33. The third-order valence-electron chi connectivity index (χ3n) is 6.13. The Morgan fingerprint density at radius 1 is 1.09 bits per heavy atom. The maximum Gasteiger partial charge on any atom is 0.416 e. The number of amides is 3. The molecule has 2 aliphatic rings. The SMILES string of the molecule is C=C1c2ccccc2C(=O)N1CCC(=O)N[C@H](CN1CCCC1=O)c1cccc(C(F)(F)F)c1. The molecule has 0 radical (unpaired) electrons. The number of likely N-dealkylation sites (tertiary alicyclic amines) is 1. The van der Waals surface area contributed by atoms with Crippen molar-refractivity contribution in [3.63, 3.8) is 0 Å². The van der Waals surface area contributed by atoms with Crippen molar-refractivity contribution in [2.24, 2.45) is 0 Å². The zero-order valence-corrected chi connectivity index (χ0v) is 18.4. The highest BCUT2D eigenvalue weighted by atomic mass is 19.4. The van der Waals surface area contributed by atoms with Crippen LogP contribution in [0.3, 0.4) is 0 Å². The van der Waals surface area contributed by atoms with E-state index in [1.165, 1.54) is 17.0 Å². The molecule has 4 rings (SSSR count). The molecule has 0 spiro atoms. The van der Waals surface area contributed by atoms with Crippen LogP contribution in [0.5, 0.6) is 0 Å². The third-order valence-corrected chi connectivity index (χ3v) is 6.13. The first-order chi connectivity index (χ1) is 16.1. The molecule has 2 aliphatic heterocycles. The summed E-state index contributed by atoms with van der Waals surface area (Å²) in [5.41, 5.74) is 1.17. The molecule has 1 atom stereocenters. The van der Waals surface area contributed by atoms with Gasteiger partial charge in [0.25, 0.3) is 5.91 Å². The molecule has 1 fully saturated rings. The van der Waals surface area contributed by atoms with Crippen LogP contribution in [-0.2, 0) is 15.8 Å². The van der Waals surface area contributed by atoms with E-state index < -0.39 is 23.7 Å². The molecule has 1 saturated heterocycles. The summed E-state index contributed by atoms with van der Waals surface area (Å²) in [7, 11) is 0. The van der Waals surface area contributed by atoms with Crippen molar-refractivity contribution in [3.8, 4) is 0 Å². The Balaban J connectivity index is 1.47. The fourth-order valence-electron chi connectivity index (χ4n) is 4.33. The van der Waals surface area contributed by atoms with Gasteiger partial charge in [0.15, 0.2) is 0 Å². The summed E-state index contributed by atoms with van der Waals surface area (Å²) in [5, 5.41) is 2.77. The average Bonchev–Trinajstić information content (AvgIpc) is 3.32. The molecule has 0 aromatic heterocycles. The molecule has 178 valence electrons. The van der Waals surface area contributed by atoms with Gasteiger partial charge in [-0.2, -0.15) is 13.2 Å². The zero-order chi connectivity index (χ0) is 24.5. The lowest BCUT2D eigenvalue weighted by molar-refractivity contribution is -0.137. The summed E-state index contributed by atoms with van der Waals surface area (Å²) < 4.78 is 39.7. The second-order valence-electron chi connectivity index (χ2n) is 8.39. The topological polar surface area (TPSA) is 69.7 Å². The van der Waals surface area contributed by atoms with Gasteiger partial charge in [-0.1, -0.05) is 36.9 Å². The van der Waals surface area contributed by atoms with E-state index in [2.05, 4.69) is 11.9 Å². The molecule has 0 bridgehead atoms. The molecule has 34 heavy (non-hydrogen) atoms. The highest BCUT2D eigenvalue weighted by molar-refractivity contribution is 6.08. The molecule has 6 nitrogen and oxygen atoms in total. The summed E-state index contributed by atoms with van der Waals surface area (Å²) in [6.07, 6.45) is -3.55. The maximum absolute atomic E-state index is 13.2. The normalized spacial score (nSPS) is 16.7. The van der Waals surface area contributed by atoms with Gasteiger partial charge in [0, 0.05) is 49.3 Å². The van der Waals surface area contributed by atoms with Gasteiger partial charge in [0.2, 0.25) is 11.8 Å². The minimum absolute atomic E-state index is 0.0673. The number of nitrogens with zero attached hydrogens (tertiary/aromatic N) is 2. The number of hydrogen-bond donors (Lipinski definition) is 1. The van der Waals surface area contributed by atoms with Crippen molar-refractivity contribution in [1.29, 1.82) is 0 Å². The van der Waals surface area contributed by atoms with E-state index in [4.69, 9.17) is 0 Å². The minimum atomic E-state index is -4.53. The number of rotatable bonds is 7. The fraction of sp³-hybridized carbons (Fsp3) is 0.320. The number of carbonyl (C=O) groups excluding carboxylic acids is 3. The minimum Gasteiger partial charge on any atom is -0.347 e. The van der Waals surface area contributed by atoms with E-state index in [0.717, 1.165) is 12.1 Å². The molecule has 2 heterocycles. The zero-order valence-electron chi connectivity index (χ0n) is 18.4. The highest BCUT2D eigenvalue weighted by Crippen LogP contribution is 2.32. The number of alkyl halides is 3. The Kier molecular flexibility index (Phi) is 6.45. The quantitative estimate of drug-likeness (QED) is 0.664. The largest absolute Gasteiger partial charge is 0.416 e. The summed E-state index contributed by atoms with van der Waals surface area (Å²) >= 11 is 0. The van der Waals surface area contributed by atoms with E-state index in [0.29, 0.717) is 36.2 Å². The Bertz CT molecular complexity index is 1110. The lowest BCUT2D eigenvalue weighted by atomic mass is 10.0. The molecular formula is C25H24F3N3O3. The first-order valence-corrected chi connectivity index (χ1v) is 11.0. The van der Waals surface area contributed by atoms with Gasteiger partial charge in [-0.25, -0.2) is 0 Å². The van der Waals surface area contributed by atoms with E-state index in [1.54, 1.807) is 29.2 Å². The Morgan fingerprint density at radius 2 is 1.82 bits per heavy atom. The second kappa shape index (κ2) is 9.32. The van der Waals surface area contributed by atoms with Crippen LogP contribution in [-0.4, -0.2) is 47.2 Å². The van der Waals surface area contributed by atoms with Crippen LogP contribution in [0.25, 0.3) is 5.70 Å². The molecular weight excluding hydrogens is 447 g/mol. The van der Waals surface area contributed by atoms with Crippen LogP contribution >= 0.6 is 0 Å². The maximum atomic E-state index is 13.2. The van der Waals surface area contributed by atoms with Gasteiger partial charge >= 0.3 is 6.18 Å². The van der Waals surface area contributed by atoms with Crippen LogP contribution in [0.1, 0.15) is 52.4 Å². The standard InChI is InChI=1S/C25H24F3N3O3/c1-16-19-8-2-3-9-20(19)24(34)31(16)13-11-22(32)29-21(15-30-12-5-10-23(30)33)17-6-4-7-18(14-17)25(26,27)28/h2-4,6-9,14,21H,1,5,10-13,15H2,(H,29,32)/t21-/m1/s1. The molecule has 9 heteroatoms. The van der Waals surface area contributed by atoms with Gasteiger partial charge in [0.1, 0.15) is 0 Å². The first kappa shape index (κ1) is 23.5. The smallest absolute Gasteiger partial charge is 0.347 e. The van der Waals surface area contributed by atoms with Crippen molar-refractivity contribution in [1.82, 2.24) is 15.1 Å². The van der Waals surface area contributed by atoms with E-state index in [1.807, 2.05) is 0 Å². The third kappa shape index (κ3) is 4.83. The number of hydrogen-bond acceptors (Lipinski definition) is 3. The number of benzene rings is 2. The number of carbonyl (C=O) groups is 3. The van der Waals surface area contributed by atoms with Crippen molar-refractivity contribution in [2.75, 3.05) is 19.6 Å². The lowest BCUT2D eigenvalue weighted by Gasteiger charge is -2.26. The second-order valence-corrected chi connectivity index (χ2v) is 8.39. The predicted octanol–water partition coefficient (Wildman–Crippen LogP) is 4.00. The van der Waals surface area contributed by atoms with E-state index in [-0.39, 0.29) is 36.9 Å². The average molecular weight is 471 g/mol. The van der Waals surface area contributed by atoms with Gasteiger partial charge in [-0.05, 0) is 30.2 Å². The molecule has 0 unspecified atom stereocenters. The number of fused-ring (bicyclic) bond motifs is 1. The predicted molar refractivity (Wildman–Crippen MR) is 119 cm³/mol. The fourth-order valence-corrected chi connectivity index (χ4v) is 4.33. The van der Waals surface area contributed by atoms with Crippen molar-refractivity contribution in [2.45, 2.75) is 31.5 Å². The first-order valence-electron chi connectivity index (χ1n) is 11.0. The molecule has 3 amide bonds. The molecule has 0 saturated carbocycles. The van der Waals surface area contributed by atoms with Gasteiger partial charge in [-0.3, -0.25) is 14.4 Å². The van der Waals surface area contributed by atoms with E-state index >= 15 is 0 Å². The molecule has 2 aromatic rings. The summed E-state index contributed by atoms with van der Waals surface area (Å²) in [6.45, 7) is 4.59. The van der Waals surface area contributed by atoms with Crippen LogP contribution in [0, 0.1) is 0 Å². The monoisotopic (exact) mass is 471 g/mol.